The van der Waals surface area contributed by atoms with Crippen LogP contribution >= 0.6 is 0 Å². The highest BCUT2D eigenvalue weighted by molar-refractivity contribution is 5.75. The van der Waals surface area contributed by atoms with Gasteiger partial charge in [0.1, 0.15) is 17.3 Å². The molecule has 0 aliphatic heterocycles. The van der Waals surface area contributed by atoms with Gasteiger partial charge in [-0.15, -0.1) is 0 Å². The van der Waals surface area contributed by atoms with Crippen molar-refractivity contribution in [3.8, 4) is 5.75 Å². The molecule has 0 N–H and O–H groups in total. The predicted molar refractivity (Wildman–Crippen MR) is 61.4 cm³/mol. The fourth-order valence-electron chi connectivity index (χ4n) is 1.48. The van der Waals surface area contributed by atoms with Gasteiger partial charge in [0.2, 0.25) is 0 Å². The molecule has 0 unspecified atom stereocenters. The molecule has 0 heterocycles. The fourth-order valence-corrected chi connectivity index (χ4v) is 1.48. The van der Waals surface area contributed by atoms with E-state index in [1.54, 1.807) is 0 Å². The fraction of sp³-hybridized carbons (Fsp3) is 0.462. The van der Waals surface area contributed by atoms with Crippen LogP contribution in [0, 0.1) is 5.82 Å². The van der Waals surface area contributed by atoms with Gasteiger partial charge in [0.05, 0.1) is 12.2 Å². The minimum atomic E-state index is -4.74. The summed E-state index contributed by atoms with van der Waals surface area (Å²) in [5.41, 5.74) is -1.34. The van der Waals surface area contributed by atoms with Gasteiger partial charge in [-0.25, -0.2) is 4.39 Å². The summed E-state index contributed by atoms with van der Waals surface area (Å²) in [7, 11) is 0. The molecule has 2 nitrogen and oxygen atoms in total. The zero-order valence-electron chi connectivity index (χ0n) is 10.4. The number of rotatable bonds is 6. The molecule has 1 rings (SSSR count). The third-order valence-electron chi connectivity index (χ3n) is 2.44. The van der Waals surface area contributed by atoms with E-state index in [0.29, 0.717) is 25.3 Å². The van der Waals surface area contributed by atoms with Crippen LogP contribution in [-0.4, -0.2) is 12.4 Å². The standard InChI is InChI=1S/C13H14F4O2/c1-9(18)4-2-3-7-19-10-5-6-12(14)11(8-10)13(15,16)17/h5-6,8H,2-4,7H2,1H3. The molecule has 19 heavy (non-hydrogen) atoms. The van der Waals surface area contributed by atoms with Crippen LogP contribution in [0.3, 0.4) is 0 Å². The van der Waals surface area contributed by atoms with Crippen LogP contribution in [0.2, 0.25) is 0 Å². The summed E-state index contributed by atoms with van der Waals surface area (Å²) in [6.07, 6.45) is -3.15. The number of benzene rings is 1. The van der Waals surface area contributed by atoms with E-state index in [-0.39, 0.29) is 18.1 Å². The Morgan fingerprint density at radius 3 is 2.53 bits per heavy atom. The summed E-state index contributed by atoms with van der Waals surface area (Å²) in [6, 6.07) is 2.52. The average Bonchev–Trinajstić information content (AvgIpc) is 2.28. The van der Waals surface area contributed by atoms with Gasteiger partial charge in [0.25, 0.3) is 0 Å². The van der Waals surface area contributed by atoms with Crippen molar-refractivity contribution in [3.63, 3.8) is 0 Å². The summed E-state index contributed by atoms with van der Waals surface area (Å²) in [4.78, 5) is 10.7. The van der Waals surface area contributed by atoms with Crippen molar-refractivity contribution in [2.45, 2.75) is 32.4 Å². The van der Waals surface area contributed by atoms with Crippen LogP contribution in [0.4, 0.5) is 17.6 Å². The van der Waals surface area contributed by atoms with E-state index in [1.807, 2.05) is 0 Å². The van der Waals surface area contributed by atoms with E-state index >= 15 is 0 Å². The van der Waals surface area contributed by atoms with Gasteiger partial charge in [0, 0.05) is 6.42 Å². The van der Waals surface area contributed by atoms with Gasteiger partial charge in [-0.3, -0.25) is 0 Å². The molecular weight excluding hydrogens is 264 g/mol. The Kier molecular flexibility index (Phi) is 5.32. The number of Topliss-reactive ketones (excluding diaryl/α,β-unsaturated/α-hetero) is 1. The van der Waals surface area contributed by atoms with Crippen LogP contribution in [-0.2, 0) is 11.0 Å². The molecule has 0 atom stereocenters. The lowest BCUT2D eigenvalue weighted by atomic mass is 10.2. The van der Waals surface area contributed by atoms with Crippen molar-refractivity contribution in [2.24, 2.45) is 0 Å². The summed E-state index contributed by atoms with van der Waals surface area (Å²) >= 11 is 0. The zero-order chi connectivity index (χ0) is 14.5. The number of ketones is 1. The van der Waals surface area contributed by atoms with Crippen molar-refractivity contribution in [3.05, 3.63) is 29.6 Å². The second kappa shape index (κ2) is 6.54. The molecule has 0 amide bonds. The summed E-state index contributed by atoms with van der Waals surface area (Å²) in [5.74, 6) is -1.30. The Bertz CT molecular complexity index is 441. The van der Waals surface area contributed by atoms with E-state index in [1.165, 1.54) is 6.92 Å². The molecule has 1 aromatic rings. The molecule has 0 bridgehead atoms. The lowest BCUT2D eigenvalue weighted by Gasteiger charge is -2.11. The third-order valence-corrected chi connectivity index (χ3v) is 2.44. The first kappa shape index (κ1) is 15.5. The SMILES string of the molecule is CC(=O)CCCCOc1ccc(F)c(C(F)(F)F)c1. The van der Waals surface area contributed by atoms with E-state index in [4.69, 9.17) is 4.74 Å². The molecule has 0 aliphatic rings. The number of hydrogen-bond donors (Lipinski definition) is 0. The molecule has 106 valence electrons. The molecule has 1 aromatic carbocycles. The second-order valence-corrected chi connectivity index (χ2v) is 4.15. The van der Waals surface area contributed by atoms with E-state index in [2.05, 4.69) is 0 Å². The van der Waals surface area contributed by atoms with Crippen LogP contribution < -0.4 is 4.74 Å². The maximum absolute atomic E-state index is 13.0. The molecule has 0 saturated heterocycles. The quantitative estimate of drug-likeness (QED) is 0.581. The largest absolute Gasteiger partial charge is 0.494 e. The molecule has 0 aliphatic carbocycles. The van der Waals surface area contributed by atoms with Crippen molar-refractivity contribution in [1.82, 2.24) is 0 Å². The number of alkyl halides is 3. The normalized spacial score (nSPS) is 11.4. The smallest absolute Gasteiger partial charge is 0.419 e. The van der Waals surface area contributed by atoms with Crippen LogP contribution in [0.25, 0.3) is 0 Å². The van der Waals surface area contributed by atoms with Crippen molar-refractivity contribution >= 4 is 5.78 Å². The van der Waals surface area contributed by atoms with E-state index < -0.39 is 17.6 Å². The Labute approximate surface area is 108 Å². The molecule has 0 radical (unpaired) electrons. The summed E-state index contributed by atoms with van der Waals surface area (Å²) in [6.45, 7) is 1.66. The molecule has 0 aromatic heterocycles. The van der Waals surface area contributed by atoms with Crippen molar-refractivity contribution < 1.29 is 27.1 Å². The van der Waals surface area contributed by atoms with Crippen LogP contribution in [0.15, 0.2) is 18.2 Å². The highest BCUT2D eigenvalue weighted by Crippen LogP contribution is 2.33. The lowest BCUT2D eigenvalue weighted by molar-refractivity contribution is -0.140. The predicted octanol–water partition coefficient (Wildman–Crippen LogP) is 3.98. The lowest BCUT2D eigenvalue weighted by Crippen LogP contribution is -2.09. The minimum Gasteiger partial charge on any atom is -0.494 e. The van der Waals surface area contributed by atoms with Crippen molar-refractivity contribution in [2.75, 3.05) is 6.61 Å². The summed E-state index contributed by atoms with van der Waals surface area (Å²) in [5, 5.41) is 0. The molecular formula is C13H14F4O2. The average molecular weight is 278 g/mol. The third kappa shape index (κ3) is 5.28. The molecule has 0 saturated carbocycles. The maximum atomic E-state index is 13.0. The topological polar surface area (TPSA) is 26.3 Å². The first-order valence-electron chi connectivity index (χ1n) is 5.79. The minimum absolute atomic E-state index is 0.0310. The van der Waals surface area contributed by atoms with E-state index in [9.17, 15) is 22.4 Å². The highest BCUT2D eigenvalue weighted by atomic mass is 19.4. The molecule has 0 fully saturated rings. The number of carbonyl (C=O) groups is 1. The van der Waals surface area contributed by atoms with Gasteiger partial charge in [-0.2, -0.15) is 13.2 Å². The Morgan fingerprint density at radius 2 is 1.95 bits per heavy atom. The summed E-state index contributed by atoms with van der Waals surface area (Å²) < 4.78 is 55.4. The number of unbranched alkanes of at least 4 members (excludes halogenated alkanes) is 1. The first-order chi connectivity index (χ1) is 8.80. The number of carbonyl (C=O) groups excluding carboxylic acids is 1. The van der Waals surface area contributed by atoms with Gasteiger partial charge in [0.15, 0.2) is 0 Å². The highest BCUT2D eigenvalue weighted by Gasteiger charge is 2.34. The van der Waals surface area contributed by atoms with Gasteiger partial charge in [-0.05, 0) is 38.0 Å². The molecule has 0 spiro atoms. The second-order valence-electron chi connectivity index (χ2n) is 4.15. The van der Waals surface area contributed by atoms with Crippen LogP contribution in [0.5, 0.6) is 5.75 Å². The Balaban J connectivity index is 2.53. The number of ether oxygens (including phenoxy) is 1. The van der Waals surface area contributed by atoms with Gasteiger partial charge >= 0.3 is 6.18 Å². The van der Waals surface area contributed by atoms with Crippen LogP contribution in [0.1, 0.15) is 31.7 Å². The Hall–Kier alpha value is -1.59. The monoisotopic (exact) mass is 278 g/mol. The van der Waals surface area contributed by atoms with E-state index in [0.717, 1.165) is 12.1 Å². The molecule has 6 heteroatoms. The van der Waals surface area contributed by atoms with Gasteiger partial charge < -0.3 is 9.53 Å². The zero-order valence-corrected chi connectivity index (χ0v) is 10.4. The van der Waals surface area contributed by atoms with Crippen molar-refractivity contribution in [1.29, 1.82) is 0 Å². The first-order valence-corrected chi connectivity index (χ1v) is 5.79. The maximum Gasteiger partial charge on any atom is 0.419 e. The number of hydrogen-bond acceptors (Lipinski definition) is 2. The Morgan fingerprint density at radius 1 is 1.26 bits per heavy atom. The number of halogens is 4. The van der Waals surface area contributed by atoms with Gasteiger partial charge in [-0.1, -0.05) is 0 Å².